The van der Waals surface area contributed by atoms with Crippen molar-refractivity contribution in [3.05, 3.63) is 55.5 Å². The fourth-order valence-corrected chi connectivity index (χ4v) is 2.83. The summed E-state index contributed by atoms with van der Waals surface area (Å²) < 4.78 is 18.2. The Kier molecular flexibility index (Phi) is 4.32. The molecule has 0 saturated heterocycles. The number of nitrogens with zero attached hydrogens (tertiary/aromatic N) is 1. The van der Waals surface area contributed by atoms with Gasteiger partial charge in [0, 0.05) is 17.0 Å². The number of rotatable bonds is 4. The van der Waals surface area contributed by atoms with Gasteiger partial charge in [0.1, 0.15) is 10.7 Å². The van der Waals surface area contributed by atoms with Gasteiger partial charge in [-0.1, -0.05) is 6.92 Å². The van der Waals surface area contributed by atoms with Gasteiger partial charge in [-0.3, -0.25) is 10.1 Å². The Morgan fingerprint density at radius 3 is 2.71 bits per heavy atom. The number of halogens is 1. The molecule has 0 bridgehead atoms. The molecule has 0 aliphatic carbocycles. The minimum atomic E-state index is -0.725. The zero-order valence-corrected chi connectivity index (χ0v) is 12.2. The maximum atomic E-state index is 13.2. The molecule has 5 nitrogen and oxygen atoms in total. The van der Waals surface area contributed by atoms with Crippen molar-refractivity contribution in [1.29, 1.82) is 0 Å². The lowest BCUT2D eigenvalue weighted by atomic mass is 10.2. The average Bonchev–Trinajstić information content (AvgIpc) is 2.79. The molecule has 2 rings (SSSR count). The van der Waals surface area contributed by atoms with Gasteiger partial charge in [0.25, 0.3) is 0 Å². The van der Waals surface area contributed by atoms with Gasteiger partial charge in [-0.05, 0) is 31.0 Å². The Labute approximate surface area is 124 Å². The Hall–Kier alpha value is -2.28. The first kappa shape index (κ1) is 15.1. The van der Waals surface area contributed by atoms with Crippen LogP contribution in [-0.2, 0) is 6.42 Å². The number of hydrogen-bond acceptors (Lipinski definition) is 5. The van der Waals surface area contributed by atoms with E-state index in [9.17, 15) is 19.3 Å². The first-order valence-electron chi connectivity index (χ1n) is 6.17. The van der Waals surface area contributed by atoms with E-state index < -0.39 is 28.1 Å². The summed E-state index contributed by atoms with van der Waals surface area (Å²) in [5.74, 6) is -1.83. The lowest BCUT2D eigenvalue weighted by molar-refractivity contribution is -0.385. The molecule has 1 heterocycles. The van der Waals surface area contributed by atoms with Crippen LogP contribution in [0, 0.1) is 22.9 Å². The van der Waals surface area contributed by atoms with Crippen LogP contribution in [0.15, 0.2) is 24.3 Å². The summed E-state index contributed by atoms with van der Waals surface area (Å²) in [6.07, 6.45) is 0.782. The molecule has 0 fully saturated rings. The van der Waals surface area contributed by atoms with Gasteiger partial charge in [-0.25, -0.2) is 9.18 Å². The molecule has 0 unspecified atom stereocenters. The number of carbonyl (C=O) groups excluding carboxylic acids is 1. The summed E-state index contributed by atoms with van der Waals surface area (Å²) >= 11 is 1.27. The molecule has 0 amide bonds. The van der Waals surface area contributed by atoms with Gasteiger partial charge in [0.2, 0.25) is 5.75 Å². The highest BCUT2D eigenvalue weighted by Crippen LogP contribution is 2.30. The number of nitro benzene ring substituents is 1. The molecule has 0 radical (unpaired) electrons. The van der Waals surface area contributed by atoms with Crippen molar-refractivity contribution in [3.8, 4) is 5.75 Å². The van der Waals surface area contributed by atoms with E-state index in [-0.39, 0.29) is 0 Å². The SMILES string of the molecule is CCc1sc(C(=O)Oc2cc(F)ccc2[N+](=O)[O-])cc1C. The Morgan fingerprint density at radius 2 is 2.14 bits per heavy atom. The first-order chi connectivity index (χ1) is 9.92. The zero-order valence-electron chi connectivity index (χ0n) is 11.4. The molecule has 0 saturated carbocycles. The van der Waals surface area contributed by atoms with Crippen LogP contribution in [0.25, 0.3) is 0 Å². The van der Waals surface area contributed by atoms with Crippen molar-refractivity contribution >= 4 is 23.0 Å². The highest BCUT2D eigenvalue weighted by molar-refractivity contribution is 7.14. The second kappa shape index (κ2) is 6.01. The monoisotopic (exact) mass is 309 g/mol. The van der Waals surface area contributed by atoms with Crippen LogP contribution in [0.3, 0.4) is 0 Å². The van der Waals surface area contributed by atoms with Crippen LogP contribution in [-0.4, -0.2) is 10.9 Å². The van der Waals surface area contributed by atoms with E-state index in [1.165, 1.54) is 11.3 Å². The standard InChI is InChI=1S/C14H12FNO4S/c1-3-12-8(2)6-13(21-12)14(17)20-11-7-9(15)4-5-10(11)16(18)19/h4-7H,3H2,1-2H3. The third kappa shape index (κ3) is 3.25. The van der Waals surface area contributed by atoms with Gasteiger partial charge >= 0.3 is 11.7 Å². The third-order valence-electron chi connectivity index (χ3n) is 2.86. The van der Waals surface area contributed by atoms with Crippen molar-refractivity contribution < 1.29 is 18.8 Å². The number of hydrogen-bond donors (Lipinski definition) is 0. The van der Waals surface area contributed by atoms with E-state index in [2.05, 4.69) is 0 Å². The smallest absolute Gasteiger partial charge is 0.353 e. The van der Waals surface area contributed by atoms with E-state index in [0.29, 0.717) is 4.88 Å². The van der Waals surface area contributed by atoms with Crippen LogP contribution < -0.4 is 4.74 Å². The number of aryl methyl sites for hydroxylation is 2. The van der Waals surface area contributed by atoms with E-state index in [1.54, 1.807) is 6.07 Å². The van der Waals surface area contributed by atoms with E-state index in [4.69, 9.17) is 4.74 Å². The summed E-state index contributed by atoms with van der Waals surface area (Å²) in [5.41, 5.74) is 0.511. The molecule has 0 N–H and O–H groups in total. The highest BCUT2D eigenvalue weighted by Gasteiger charge is 2.21. The fourth-order valence-electron chi connectivity index (χ4n) is 1.84. The second-order valence-electron chi connectivity index (χ2n) is 4.33. The van der Waals surface area contributed by atoms with Gasteiger partial charge in [-0.15, -0.1) is 11.3 Å². The first-order valence-corrected chi connectivity index (χ1v) is 6.99. The molecular weight excluding hydrogens is 297 g/mol. The average molecular weight is 309 g/mol. The van der Waals surface area contributed by atoms with E-state index >= 15 is 0 Å². The van der Waals surface area contributed by atoms with E-state index in [0.717, 1.165) is 35.1 Å². The van der Waals surface area contributed by atoms with Crippen molar-refractivity contribution in [3.63, 3.8) is 0 Å². The predicted octanol–water partition coefficient (Wildman–Crippen LogP) is 3.89. The number of thiophene rings is 1. The molecule has 110 valence electrons. The number of benzene rings is 1. The number of nitro groups is 1. The quantitative estimate of drug-likeness (QED) is 0.372. The van der Waals surface area contributed by atoms with Crippen molar-refractivity contribution in [1.82, 2.24) is 0 Å². The normalized spacial score (nSPS) is 10.4. The molecule has 0 atom stereocenters. The Balaban J connectivity index is 2.30. The van der Waals surface area contributed by atoms with Gasteiger partial charge in [0.05, 0.1) is 4.92 Å². The number of esters is 1. The van der Waals surface area contributed by atoms with Gasteiger partial charge in [0.15, 0.2) is 0 Å². The van der Waals surface area contributed by atoms with Crippen LogP contribution in [0.2, 0.25) is 0 Å². The number of ether oxygens (including phenoxy) is 1. The Bertz CT molecular complexity index is 711. The number of carbonyl (C=O) groups is 1. The lowest BCUT2D eigenvalue weighted by Gasteiger charge is -2.03. The lowest BCUT2D eigenvalue weighted by Crippen LogP contribution is -2.08. The minimum Gasteiger partial charge on any atom is -0.415 e. The second-order valence-corrected chi connectivity index (χ2v) is 5.47. The summed E-state index contributed by atoms with van der Waals surface area (Å²) in [7, 11) is 0. The molecule has 21 heavy (non-hydrogen) atoms. The van der Waals surface area contributed by atoms with Crippen LogP contribution in [0.4, 0.5) is 10.1 Å². The molecule has 1 aromatic heterocycles. The minimum absolute atomic E-state index is 0.336. The highest BCUT2D eigenvalue weighted by atomic mass is 32.1. The Morgan fingerprint density at radius 1 is 1.43 bits per heavy atom. The summed E-state index contributed by atoms with van der Waals surface area (Å²) in [5, 5.41) is 10.9. The van der Waals surface area contributed by atoms with Crippen LogP contribution >= 0.6 is 11.3 Å². The maximum absolute atomic E-state index is 13.2. The van der Waals surface area contributed by atoms with E-state index in [1.807, 2.05) is 13.8 Å². The largest absolute Gasteiger partial charge is 0.415 e. The molecule has 7 heteroatoms. The third-order valence-corrected chi connectivity index (χ3v) is 4.23. The summed E-state index contributed by atoms with van der Waals surface area (Å²) in [6, 6.07) is 4.41. The maximum Gasteiger partial charge on any atom is 0.353 e. The fraction of sp³-hybridized carbons (Fsp3) is 0.214. The van der Waals surface area contributed by atoms with Crippen molar-refractivity contribution in [2.24, 2.45) is 0 Å². The molecule has 0 aliphatic rings. The molecular formula is C14H12FNO4S. The van der Waals surface area contributed by atoms with Gasteiger partial charge < -0.3 is 4.74 Å². The molecule has 0 aliphatic heterocycles. The van der Waals surface area contributed by atoms with Crippen molar-refractivity contribution in [2.45, 2.75) is 20.3 Å². The topological polar surface area (TPSA) is 69.4 Å². The summed E-state index contributed by atoms with van der Waals surface area (Å²) in [4.78, 5) is 23.5. The van der Waals surface area contributed by atoms with Gasteiger partial charge in [-0.2, -0.15) is 0 Å². The molecule has 1 aromatic carbocycles. The van der Waals surface area contributed by atoms with Crippen LogP contribution in [0.1, 0.15) is 27.0 Å². The van der Waals surface area contributed by atoms with Crippen molar-refractivity contribution in [2.75, 3.05) is 0 Å². The molecule has 2 aromatic rings. The predicted molar refractivity (Wildman–Crippen MR) is 76.4 cm³/mol. The van der Waals surface area contributed by atoms with Crippen LogP contribution in [0.5, 0.6) is 5.75 Å². The molecule has 0 spiro atoms. The zero-order chi connectivity index (χ0) is 15.6. The summed E-state index contributed by atoms with van der Waals surface area (Å²) in [6.45, 7) is 3.84.